The molecule has 2 heteroatoms. The van der Waals surface area contributed by atoms with Gasteiger partial charge in [0.2, 0.25) is 0 Å². The van der Waals surface area contributed by atoms with Gasteiger partial charge < -0.3 is 0 Å². The van der Waals surface area contributed by atoms with Gasteiger partial charge in [-0.15, -0.1) is 0 Å². The minimum atomic E-state index is 0.592. The lowest BCUT2D eigenvalue weighted by Gasteiger charge is -2.05. The van der Waals surface area contributed by atoms with E-state index >= 15 is 0 Å². The third kappa shape index (κ3) is 3.32. The lowest BCUT2D eigenvalue weighted by Crippen LogP contribution is -2.12. The maximum absolute atomic E-state index is 5.22. The number of hydrogen-bond donors (Lipinski definition) is 1. The van der Waals surface area contributed by atoms with Crippen LogP contribution in [0.25, 0.3) is 5.57 Å². The van der Waals surface area contributed by atoms with E-state index in [4.69, 9.17) is 4.84 Å². The van der Waals surface area contributed by atoms with Crippen molar-refractivity contribution in [2.75, 3.05) is 6.54 Å². The fourth-order valence-corrected chi connectivity index (χ4v) is 1.16. The second kappa shape index (κ2) is 5.58. The van der Waals surface area contributed by atoms with Crippen molar-refractivity contribution in [3.8, 4) is 0 Å². The standard InChI is InChI=1S/C12H17NO/c1-4-13-14-9-11-6-5-7-12(8-11)10(2)3/h5-8,13H,2,4,9H2,1,3H3. The van der Waals surface area contributed by atoms with Crippen molar-refractivity contribution in [3.05, 3.63) is 42.0 Å². The van der Waals surface area contributed by atoms with Crippen LogP contribution >= 0.6 is 0 Å². The van der Waals surface area contributed by atoms with E-state index in [0.29, 0.717) is 6.61 Å². The van der Waals surface area contributed by atoms with E-state index in [1.807, 2.05) is 26.0 Å². The molecule has 0 aliphatic carbocycles. The largest absolute Gasteiger partial charge is 0.297 e. The summed E-state index contributed by atoms with van der Waals surface area (Å²) in [6, 6.07) is 8.22. The predicted molar refractivity (Wildman–Crippen MR) is 59.6 cm³/mol. The van der Waals surface area contributed by atoms with Gasteiger partial charge in [-0.2, -0.15) is 0 Å². The Balaban J connectivity index is 2.59. The highest BCUT2D eigenvalue weighted by atomic mass is 16.6. The number of allylic oxidation sites excluding steroid dienone is 1. The molecular formula is C12H17NO. The maximum Gasteiger partial charge on any atom is 0.0933 e. The molecule has 0 saturated carbocycles. The Labute approximate surface area is 85.5 Å². The zero-order valence-corrected chi connectivity index (χ0v) is 8.84. The Hall–Kier alpha value is -1.12. The van der Waals surface area contributed by atoms with Crippen LogP contribution < -0.4 is 5.48 Å². The number of hydroxylamine groups is 1. The Morgan fingerprint density at radius 2 is 2.29 bits per heavy atom. The topological polar surface area (TPSA) is 21.3 Å². The van der Waals surface area contributed by atoms with Gasteiger partial charge in [0.1, 0.15) is 0 Å². The third-order valence-corrected chi connectivity index (χ3v) is 1.91. The molecule has 0 fully saturated rings. The maximum atomic E-state index is 5.22. The summed E-state index contributed by atoms with van der Waals surface area (Å²) in [5.41, 5.74) is 6.23. The molecule has 1 N–H and O–H groups in total. The van der Waals surface area contributed by atoms with Gasteiger partial charge >= 0.3 is 0 Å². The summed E-state index contributed by atoms with van der Waals surface area (Å²) in [6.07, 6.45) is 0. The Morgan fingerprint density at radius 3 is 2.93 bits per heavy atom. The van der Waals surface area contributed by atoms with Gasteiger partial charge in [-0.1, -0.05) is 37.3 Å². The molecule has 0 spiro atoms. The van der Waals surface area contributed by atoms with Gasteiger partial charge in [0.15, 0.2) is 0 Å². The Bertz CT molecular complexity index is 307. The molecule has 2 nitrogen and oxygen atoms in total. The molecule has 1 aromatic rings. The molecule has 0 aromatic heterocycles. The van der Waals surface area contributed by atoms with Crippen molar-refractivity contribution in [1.82, 2.24) is 5.48 Å². The number of benzene rings is 1. The molecule has 1 rings (SSSR count). The number of hydrogen-bond acceptors (Lipinski definition) is 2. The van der Waals surface area contributed by atoms with E-state index < -0.39 is 0 Å². The number of nitrogens with one attached hydrogen (secondary N) is 1. The van der Waals surface area contributed by atoms with Crippen molar-refractivity contribution in [2.45, 2.75) is 20.5 Å². The van der Waals surface area contributed by atoms with Crippen LogP contribution in [0.4, 0.5) is 0 Å². The quantitative estimate of drug-likeness (QED) is 0.570. The monoisotopic (exact) mass is 191 g/mol. The first-order valence-corrected chi connectivity index (χ1v) is 4.83. The third-order valence-electron chi connectivity index (χ3n) is 1.91. The molecule has 0 saturated heterocycles. The average molecular weight is 191 g/mol. The van der Waals surface area contributed by atoms with E-state index in [1.165, 1.54) is 5.56 Å². The van der Waals surface area contributed by atoms with Crippen LogP contribution in [0.15, 0.2) is 30.8 Å². The fraction of sp³-hybridized carbons (Fsp3) is 0.333. The molecule has 0 aliphatic heterocycles. The fourth-order valence-electron chi connectivity index (χ4n) is 1.16. The second-order valence-corrected chi connectivity index (χ2v) is 3.27. The molecule has 14 heavy (non-hydrogen) atoms. The summed E-state index contributed by atoms with van der Waals surface area (Å²) in [4.78, 5) is 5.22. The van der Waals surface area contributed by atoms with Crippen LogP contribution in [0.2, 0.25) is 0 Å². The first kappa shape index (κ1) is 11.0. The number of rotatable bonds is 5. The SMILES string of the molecule is C=C(C)c1cccc(CONCC)c1. The van der Waals surface area contributed by atoms with E-state index in [-0.39, 0.29) is 0 Å². The second-order valence-electron chi connectivity index (χ2n) is 3.27. The summed E-state index contributed by atoms with van der Waals surface area (Å²) < 4.78 is 0. The smallest absolute Gasteiger partial charge is 0.0933 e. The summed E-state index contributed by atoms with van der Waals surface area (Å²) in [7, 11) is 0. The molecular weight excluding hydrogens is 174 g/mol. The zero-order valence-electron chi connectivity index (χ0n) is 8.84. The van der Waals surface area contributed by atoms with Gasteiger partial charge in [-0.05, 0) is 24.1 Å². The minimum Gasteiger partial charge on any atom is -0.297 e. The summed E-state index contributed by atoms with van der Waals surface area (Å²) in [5.74, 6) is 0. The van der Waals surface area contributed by atoms with E-state index in [9.17, 15) is 0 Å². The van der Waals surface area contributed by atoms with Gasteiger partial charge in [0.05, 0.1) is 6.61 Å². The Morgan fingerprint density at radius 1 is 1.50 bits per heavy atom. The molecule has 76 valence electrons. The molecule has 1 aromatic carbocycles. The molecule has 0 atom stereocenters. The molecule has 0 aliphatic rings. The molecule has 0 heterocycles. The van der Waals surface area contributed by atoms with Gasteiger partial charge in [0.25, 0.3) is 0 Å². The lowest BCUT2D eigenvalue weighted by molar-refractivity contribution is 0.0314. The summed E-state index contributed by atoms with van der Waals surface area (Å²) in [5, 5.41) is 0. The molecule has 0 unspecified atom stereocenters. The molecule has 0 amide bonds. The van der Waals surface area contributed by atoms with Crippen molar-refractivity contribution in [2.24, 2.45) is 0 Å². The average Bonchev–Trinajstić information content (AvgIpc) is 2.19. The van der Waals surface area contributed by atoms with Gasteiger partial charge in [0, 0.05) is 6.54 Å². The highest BCUT2D eigenvalue weighted by Crippen LogP contribution is 2.13. The van der Waals surface area contributed by atoms with Gasteiger partial charge in [-0.25, -0.2) is 5.48 Å². The lowest BCUT2D eigenvalue weighted by atomic mass is 10.1. The van der Waals surface area contributed by atoms with Crippen LogP contribution in [0.1, 0.15) is 25.0 Å². The van der Waals surface area contributed by atoms with E-state index in [2.05, 4.69) is 24.2 Å². The summed E-state index contributed by atoms with van der Waals surface area (Å²) >= 11 is 0. The first-order chi connectivity index (χ1) is 6.74. The van der Waals surface area contributed by atoms with Crippen LogP contribution in [0.3, 0.4) is 0 Å². The molecule has 0 radical (unpaired) electrons. The highest BCUT2D eigenvalue weighted by Gasteiger charge is 1.96. The summed E-state index contributed by atoms with van der Waals surface area (Å²) in [6.45, 7) is 9.33. The van der Waals surface area contributed by atoms with Crippen molar-refractivity contribution in [3.63, 3.8) is 0 Å². The van der Waals surface area contributed by atoms with Crippen molar-refractivity contribution < 1.29 is 4.84 Å². The molecule has 0 bridgehead atoms. The van der Waals surface area contributed by atoms with Crippen LogP contribution in [0.5, 0.6) is 0 Å². The normalized spacial score (nSPS) is 10.1. The first-order valence-electron chi connectivity index (χ1n) is 4.83. The highest BCUT2D eigenvalue weighted by molar-refractivity contribution is 5.61. The predicted octanol–water partition coefficient (Wildman–Crippen LogP) is 2.76. The van der Waals surface area contributed by atoms with E-state index in [1.54, 1.807) is 0 Å². The van der Waals surface area contributed by atoms with Crippen molar-refractivity contribution >= 4 is 5.57 Å². The van der Waals surface area contributed by atoms with Gasteiger partial charge in [-0.3, -0.25) is 4.84 Å². The van der Waals surface area contributed by atoms with Crippen LogP contribution in [-0.4, -0.2) is 6.54 Å². The van der Waals surface area contributed by atoms with E-state index in [0.717, 1.165) is 17.7 Å². The van der Waals surface area contributed by atoms with Crippen molar-refractivity contribution in [1.29, 1.82) is 0 Å². The van der Waals surface area contributed by atoms with Crippen LogP contribution in [0, 0.1) is 0 Å². The zero-order chi connectivity index (χ0) is 10.4. The Kier molecular flexibility index (Phi) is 4.36. The van der Waals surface area contributed by atoms with Crippen LogP contribution in [-0.2, 0) is 11.4 Å². The minimum absolute atomic E-state index is 0.592.